The molecular weight excluding hydrogens is 364 g/mol. The molecule has 0 saturated carbocycles. The second kappa shape index (κ2) is 6.67. The Morgan fingerprint density at radius 2 is 1.56 bits per heavy atom. The lowest BCUT2D eigenvalue weighted by atomic mass is 10.1. The number of hydrogen-bond acceptors (Lipinski definition) is 6. The summed E-state index contributed by atoms with van der Waals surface area (Å²) in [6, 6.07) is 13.5. The Morgan fingerprint density at radius 3 is 2.08 bits per heavy atom. The molecule has 1 heterocycles. The van der Waals surface area contributed by atoms with Gasteiger partial charge in [0, 0.05) is 4.90 Å². The summed E-state index contributed by atoms with van der Waals surface area (Å²) >= 11 is 1.18. The number of rotatable bonds is 5. The van der Waals surface area contributed by atoms with Crippen LogP contribution in [0.2, 0.25) is 0 Å². The summed E-state index contributed by atoms with van der Waals surface area (Å²) < 4.78 is 22.5. The van der Waals surface area contributed by atoms with Crippen molar-refractivity contribution >= 4 is 27.8 Å². The van der Waals surface area contributed by atoms with Crippen molar-refractivity contribution in [2.45, 2.75) is 14.8 Å². The molecule has 0 fully saturated rings. The number of nitrogens with zero attached hydrogens (tertiary/aromatic N) is 2. The largest absolute Gasteiger partial charge is 0.476 e. The lowest BCUT2D eigenvalue weighted by molar-refractivity contribution is 0.0686. The number of sulfonamides is 1. The lowest BCUT2D eigenvalue weighted by Crippen LogP contribution is -2.11. The van der Waals surface area contributed by atoms with Crippen molar-refractivity contribution in [2.75, 3.05) is 0 Å². The van der Waals surface area contributed by atoms with Gasteiger partial charge in [-0.15, -0.1) is 10.2 Å². The first kappa shape index (κ1) is 17.1. The number of carboxylic acid groups (broad SMARTS) is 1. The fourth-order valence-corrected chi connectivity index (χ4v) is 3.42. The molecule has 2 aromatic carbocycles. The Morgan fingerprint density at radius 1 is 1.00 bits per heavy atom. The van der Waals surface area contributed by atoms with E-state index in [-0.39, 0.29) is 15.6 Å². The third-order valence-electron chi connectivity index (χ3n) is 3.30. The van der Waals surface area contributed by atoms with Gasteiger partial charge >= 0.3 is 5.97 Å². The number of aromatic amines is 1. The highest BCUT2D eigenvalue weighted by Gasteiger charge is 2.16. The standard InChI is InChI=1S/C15H12N4O4S2/c16-25(22,23)12-7-3-10(4-8-12)9-1-5-11(6-2-9)24-14-13(15(20)21)17-19-18-14/h1-8H,(H,20,21)(H2,16,22,23)(H,17,18,19). The van der Waals surface area contributed by atoms with Crippen LogP contribution < -0.4 is 5.14 Å². The highest BCUT2D eigenvalue weighted by molar-refractivity contribution is 7.99. The van der Waals surface area contributed by atoms with Crippen LogP contribution in [0.3, 0.4) is 0 Å². The SMILES string of the molecule is NS(=O)(=O)c1ccc(-c2ccc(Sc3n[nH]nc3C(=O)O)cc2)cc1. The van der Waals surface area contributed by atoms with Crippen LogP contribution in [-0.2, 0) is 10.0 Å². The average Bonchev–Trinajstić information content (AvgIpc) is 3.03. The quantitative estimate of drug-likeness (QED) is 0.618. The second-order valence-electron chi connectivity index (χ2n) is 4.98. The van der Waals surface area contributed by atoms with Gasteiger partial charge in [0.1, 0.15) is 0 Å². The zero-order valence-corrected chi connectivity index (χ0v) is 14.2. The van der Waals surface area contributed by atoms with E-state index in [1.54, 1.807) is 12.1 Å². The molecular formula is C15H12N4O4S2. The molecule has 1 aromatic heterocycles. The van der Waals surface area contributed by atoms with Crippen LogP contribution in [0.15, 0.2) is 63.3 Å². The molecule has 0 aliphatic heterocycles. The predicted molar refractivity (Wildman–Crippen MR) is 90.7 cm³/mol. The molecule has 25 heavy (non-hydrogen) atoms. The number of primary sulfonamides is 1. The van der Waals surface area contributed by atoms with Crippen LogP contribution in [-0.4, -0.2) is 34.9 Å². The number of benzene rings is 2. The maximum atomic E-state index is 11.3. The first-order chi connectivity index (χ1) is 11.8. The monoisotopic (exact) mass is 376 g/mol. The number of carbonyl (C=O) groups is 1. The summed E-state index contributed by atoms with van der Waals surface area (Å²) in [7, 11) is -3.72. The number of nitrogens with one attached hydrogen (secondary N) is 1. The fraction of sp³-hybridized carbons (Fsp3) is 0. The summed E-state index contributed by atoms with van der Waals surface area (Å²) in [4.78, 5) is 11.9. The van der Waals surface area contributed by atoms with Crippen molar-refractivity contribution in [1.29, 1.82) is 0 Å². The molecule has 3 aromatic rings. The zero-order valence-electron chi connectivity index (χ0n) is 12.6. The molecule has 0 radical (unpaired) electrons. The van der Waals surface area contributed by atoms with Gasteiger partial charge in [0.25, 0.3) is 0 Å². The second-order valence-corrected chi connectivity index (χ2v) is 7.60. The summed E-state index contributed by atoms with van der Waals surface area (Å²) in [6.07, 6.45) is 0. The first-order valence-electron chi connectivity index (χ1n) is 6.90. The van der Waals surface area contributed by atoms with E-state index < -0.39 is 16.0 Å². The van der Waals surface area contributed by atoms with Crippen molar-refractivity contribution in [3.63, 3.8) is 0 Å². The maximum absolute atomic E-state index is 11.3. The predicted octanol–water partition coefficient (Wildman–Crippen LogP) is 1.97. The van der Waals surface area contributed by atoms with Crippen LogP contribution in [0, 0.1) is 0 Å². The maximum Gasteiger partial charge on any atom is 0.359 e. The van der Waals surface area contributed by atoms with Crippen LogP contribution in [0.1, 0.15) is 10.5 Å². The van der Waals surface area contributed by atoms with E-state index in [1.165, 1.54) is 23.9 Å². The molecule has 0 aliphatic rings. The van der Waals surface area contributed by atoms with Gasteiger partial charge in [0.05, 0.1) is 4.90 Å². The minimum atomic E-state index is -3.72. The van der Waals surface area contributed by atoms with Crippen molar-refractivity contribution in [1.82, 2.24) is 15.4 Å². The number of nitrogens with two attached hydrogens (primary N) is 1. The highest BCUT2D eigenvalue weighted by Crippen LogP contribution is 2.30. The molecule has 0 unspecified atom stereocenters. The third-order valence-corrected chi connectivity index (χ3v) is 5.22. The fourth-order valence-electron chi connectivity index (χ4n) is 2.10. The summed E-state index contributed by atoms with van der Waals surface area (Å²) in [5.41, 5.74) is 1.58. The smallest absolute Gasteiger partial charge is 0.359 e. The molecule has 0 aliphatic carbocycles. The molecule has 0 amide bonds. The van der Waals surface area contributed by atoms with E-state index in [2.05, 4.69) is 15.4 Å². The minimum Gasteiger partial charge on any atom is -0.476 e. The van der Waals surface area contributed by atoms with Gasteiger partial charge in [-0.1, -0.05) is 36.0 Å². The Labute approximate surface area is 147 Å². The van der Waals surface area contributed by atoms with Crippen molar-refractivity contribution < 1.29 is 18.3 Å². The van der Waals surface area contributed by atoms with E-state index >= 15 is 0 Å². The molecule has 0 atom stereocenters. The minimum absolute atomic E-state index is 0.0515. The van der Waals surface area contributed by atoms with Gasteiger partial charge in [-0.2, -0.15) is 5.21 Å². The van der Waals surface area contributed by atoms with Gasteiger partial charge in [-0.05, 0) is 35.4 Å². The number of aromatic nitrogens is 3. The van der Waals surface area contributed by atoms with E-state index in [4.69, 9.17) is 10.2 Å². The molecule has 128 valence electrons. The molecule has 0 saturated heterocycles. The van der Waals surface area contributed by atoms with Crippen LogP contribution in [0.5, 0.6) is 0 Å². The van der Waals surface area contributed by atoms with Crippen molar-refractivity contribution in [2.24, 2.45) is 5.14 Å². The topological polar surface area (TPSA) is 139 Å². The van der Waals surface area contributed by atoms with E-state index in [0.29, 0.717) is 0 Å². The van der Waals surface area contributed by atoms with Crippen LogP contribution in [0.25, 0.3) is 11.1 Å². The molecule has 3 rings (SSSR count). The molecule has 0 spiro atoms. The van der Waals surface area contributed by atoms with Crippen LogP contribution in [0.4, 0.5) is 0 Å². The Balaban J connectivity index is 1.80. The van der Waals surface area contributed by atoms with E-state index in [0.717, 1.165) is 16.0 Å². The van der Waals surface area contributed by atoms with E-state index in [9.17, 15) is 13.2 Å². The Hall–Kier alpha value is -2.69. The number of aromatic carboxylic acids is 1. The Kier molecular flexibility index (Phi) is 4.57. The molecule has 0 bridgehead atoms. The zero-order chi connectivity index (χ0) is 18.0. The Bertz CT molecular complexity index is 1010. The third kappa shape index (κ3) is 3.87. The molecule has 8 nitrogen and oxygen atoms in total. The normalized spacial score (nSPS) is 11.4. The number of hydrogen-bond donors (Lipinski definition) is 3. The van der Waals surface area contributed by atoms with Gasteiger partial charge in [0.15, 0.2) is 5.03 Å². The van der Waals surface area contributed by atoms with Crippen molar-refractivity contribution in [3.05, 3.63) is 54.2 Å². The van der Waals surface area contributed by atoms with Gasteiger partial charge in [0.2, 0.25) is 15.7 Å². The molecule has 10 heteroatoms. The van der Waals surface area contributed by atoms with Gasteiger partial charge < -0.3 is 5.11 Å². The number of H-pyrrole nitrogens is 1. The van der Waals surface area contributed by atoms with Gasteiger partial charge in [-0.25, -0.2) is 18.4 Å². The highest BCUT2D eigenvalue weighted by atomic mass is 32.2. The number of carboxylic acids is 1. The summed E-state index contributed by atoms with van der Waals surface area (Å²) in [5, 5.41) is 24.1. The van der Waals surface area contributed by atoms with Crippen LogP contribution >= 0.6 is 11.8 Å². The first-order valence-corrected chi connectivity index (χ1v) is 9.26. The van der Waals surface area contributed by atoms with E-state index in [1.807, 2.05) is 24.3 Å². The van der Waals surface area contributed by atoms with Crippen molar-refractivity contribution in [3.8, 4) is 11.1 Å². The summed E-state index contributed by atoms with van der Waals surface area (Å²) in [6.45, 7) is 0. The lowest BCUT2D eigenvalue weighted by Gasteiger charge is -2.05. The molecule has 4 N–H and O–H groups in total. The van der Waals surface area contributed by atoms with Gasteiger partial charge in [-0.3, -0.25) is 0 Å². The average molecular weight is 376 g/mol. The summed E-state index contributed by atoms with van der Waals surface area (Å²) in [5.74, 6) is -1.15.